The minimum atomic E-state index is 0.269. The van der Waals surface area contributed by atoms with Crippen LogP contribution < -0.4 is 5.73 Å². The van der Waals surface area contributed by atoms with Gasteiger partial charge in [0.2, 0.25) is 0 Å². The Morgan fingerprint density at radius 3 is 2.94 bits per heavy atom. The van der Waals surface area contributed by atoms with Gasteiger partial charge in [0.15, 0.2) is 0 Å². The van der Waals surface area contributed by atoms with Gasteiger partial charge in [-0.05, 0) is 48.4 Å². The molecule has 1 aromatic carbocycles. The van der Waals surface area contributed by atoms with Crippen molar-refractivity contribution in [3.63, 3.8) is 0 Å². The van der Waals surface area contributed by atoms with Crippen LogP contribution >= 0.6 is 0 Å². The maximum atomic E-state index is 9.61. The highest BCUT2D eigenvalue weighted by atomic mass is 16.3. The summed E-state index contributed by atoms with van der Waals surface area (Å²) in [6.07, 6.45) is 2.69. The highest BCUT2D eigenvalue weighted by Crippen LogP contribution is 2.45. The molecule has 1 aromatic heterocycles. The van der Waals surface area contributed by atoms with Crippen molar-refractivity contribution < 1.29 is 5.11 Å². The molecule has 0 radical (unpaired) electrons. The molecule has 0 bridgehead atoms. The van der Waals surface area contributed by atoms with E-state index in [1.807, 2.05) is 18.2 Å². The summed E-state index contributed by atoms with van der Waals surface area (Å²) < 4.78 is 0. The summed E-state index contributed by atoms with van der Waals surface area (Å²) in [4.78, 5) is 4.44. The Morgan fingerprint density at radius 2 is 2.12 bits per heavy atom. The Morgan fingerprint density at radius 1 is 1.24 bits per heavy atom. The number of hydrogen-bond donors (Lipinski definition) is 2. The van der Waals surface area contributed by atoms with E-state index < -0.39 is 0 Å². The third-order valence-electron chi connectivity index (χ3n) is 3.34. The molecular formula is C14H14N2O. The number of hydrogen-bond acceptors (Lipinski definition) is 3. The van der Waals surface area contributed by atoms with E-state index in [-0.39, 0.29) is 5.92 Å². The maximum Gasteiger partial charge on any atom is 0.115 e. The molecule has 1 aliphatic rings. The molecule has 17 heavy (non-hydrogen) atoms. The molecule has 0 saturated carbocycles. The van der Waals surface area contributed by atoms with Crippen molar-refractivity contribution in [1.29, 1.82) is 0 Å². The minimum Gasteiger partial charge on any atom is -0.508 e. The van der Waals surface area contributed by atoms with Gasteiger partial charge in [0.25, 0.3) is 0 Å². The molecular weight excluding hydrogens is 212 g/mol. The molecule has 3 N–H and O–H groups in total. The molecule has 3 heteroatoms. The lowest BCUT2D eigenvalue weighted by Gasteiger charge is -2.11. The monoisotopic (exact) mass is 226 g/mol. The summed E-state index contributed by atoms with van der Waals surface area (Å²) >= 11 is 0. The second kappa shape index (κ2) is 3.86. The Labute approximate surface area is 99.9 Å². The molecule has 0 spiro atoms. The summed E-state index contributed by atoms with van der Waals surface area (Å²) in [6.45, 7) is 0.633. The van der Waals surface area contributed by atoms with E-state index >= 15 is 0 Å². The lowest BCUT2D eigenvalue weighted by Crippen LogP contribution is -2.06. The van der Waals surface area contributed by atoms with Crippen molar-refractivity contribution in [3.05, 3.63) is 47.7 Å². The van der Waals surface area contributed by atoms with Crippen molar-refractivity contribution in [2.45, 2.75) is 12.3 Å². The average Bonchev–Trinajstić information content (AvgIpc) is 2.65. The third-order valence-corrected chi connectivity index (χ3v) is 3.34. The first-order valence-electron chi connectivity index (χ1n) is 5.79. The van der Waals surface area contributed by atoms with Gasteiger partial charge in [-0.2, -0.15) is 0 Å². The van der Waals surface area contributed by atoms with Crippen molar-refractivity contribution >= 4 is 0 Å². The SMILES string of the molecule is NCCC1c2cc(O)ccc2-c2ncccc21. The summed E-state index contributed by atoms with van der Waals surface area (Å²) in [5.41, 5.74) is 10.2. The lowest BCUT2D eigenvalue weighted by atomic mass is 9.94. The Balaban J connectivity index is 2.22. The molecule has 3 nitrogen and oxygen atoms in total. The predicted octanol–water partition coefficient (Wildman–Crippen LogP) is 2.25. The number of fused-ring (bicyclic) bond motifs is 3. The first-order chi connectivity index (χ1) is 8.31. The van der Waals surface area contributed by atoms with Crippen LogP contribution in [0.3, 0.4) is 0 Å². The van der Waals surface area contributed by atoms with Crippen LogP contribution in [-0.2, 0) is 0 Å². The van der Waals surface area contributed by atoms with E-state index in [9.17, 15) is 5.11 Å². The highest BCUT2D eigenvalue weighted by molar-refractivity contribution is 5.76. The van der Waals surface area contributed by atoms with Gasteiger partial charge in [-0.3, -0.25) is 4.98 Å². The number of phenols is 1. The van der Waals surface area contributed by atoms with Crippen LogP contribution in [0.5, 0.6) is 5.75 Å². The molecule has 1 heterocycles. The largest absolute Gasteiger partial charge is 0.508 e. The molecule has 3 rings (SSSR count). The van der Waals surface area contributed by atoms with Crippen molar-refractivity contribution in [3.8, 4) is 17.0 Å². The molecule has 86 valence electrons. The first-order valence-corrected chi connectivity index (χ1v) is 5.79. The van der Waals surface area contributed by atoms with E-state index in [2.05, 4.69) is 11.1 Å². The van der Waals surface area contributed by atoms with Gasteiger partial charge in [-0.25, -0.2) is 0 Å². The Bertz CT molecular complexity index is 566. The number of nitrogens with zero attached hydrogens (tertiary/aromatic N) is 1. The van der Waals surface area contributed by atoms with Crippen LogP contribution in [0.25, 0.3) is 11.3 Å². The van der Waals surface area contributed by atoms with Gasteiger partial charge in [-0.15, -0.1) is 0 Å². The van der Waals surface area contributed by atoms with Crippen molar-refractivity contribution in [2.24, 2.45) is 5.73 Å². The third kappa shape index (κ3) is 1.51. The van der Waals surface area contributed by atoms with E-state index in [4.69, 9.17) is 5.73 Å². The van der Waals surface area contributed by atoms with E-state index in [1.54, 1.807) is 12.3 Å². The second-order valence-corrected chi connectivity index (χ2v) is 4.34. The summed E-state index contributed by atoms with van der Waals surface area (Å²) in [6, 6.07) is 9.53. The van der Waals surface area contributed by atoms with Crippen LogP contribution in [-0.4, -0.2) is 16.6 Å². The molecule has 0 amide bonds. The topological polar surface area (TPSA) is 59.1 Å². The fourth-order valence-electron chi connectivity index (χ4n) is 2.62. The molecule has 0 aliphatic heterocycles. The number of pyridine rings is 1. The van der Waals surface area contributed by atoms with Gasteiger partial charge in [-0.1, -0.05) is 6.07 Å². The fourth-order valence-corrected chi connectivity index (χ4v) is 2.62. The number of benzene rings is 1. The van der Waals surface area contributed by atoms with Gasteiger partial charge in [0, 0.05) is 17.7 Å². The number of rotatable bonds is 2. The zero-order chi connectivity index (χ0) is 11.8. The van der Waals surface area contributed by atoms with Gasteiger partial charge in [0.1, 0.15) is 5.75 Å². The van der Waals surface area contributed by atoms with Crippen LogP contribution in [0.4, 0.5) is 0 Å². The summed E-state index contributed by atoms with van der Waals surface area (Å²) in [5, 5.41) is 9.61. The quantitative estimate of drug-likeness (QED) is 0.825. The summed E-state index contributed by atoms with van der Waals surface area (Å²) in [7, 11) is 0. The molecule has 0 fully saturated rings. The van der Waals surface area contributed by atoms with Crippen LogP contribution in [0.15, 0.2) is 36.5 Å². The second-order valence-electron chi connectivity index (χ2n) is 4.34. The number of aromatic nitrogens is 1. The standard InChI is InChI=1S/C14H14N2O/c15-6-5-10-11-2-1-7-16-14(11)12-4-3-9(17)8-13(10)12/h1-4,7-8,10,17H,5-6,15H2. The van der Waals surface area contributed by atoms with E-state index in [1.165, 1.54) is 5.56 Å². The molecule has 0 saturated heterocycles. The van der Waals surface area contributed by atoms with E-state index in [0.717, 1.165) is 23.2 Å². The van der Waals surface area contributed by atoms with Gasteiger partial charge in [0.05, 0.1) is 5.69 Å². The molecule has 2 aromatic rings. The highest BCUT2D eigenvalue weighted by Gasteiger charge is 2.28. The zero-order valence-corrected chi connectivity index (χ0v) is 9.43. The Hall–Kier alpha value is -1.87. The van der Waals surface area contributed by atoms with Crippen LogP contribution in [0, 0.1) is 0 Å². The number of nitrogens with two attached hydrogens (primary N) is 1. The van der Waals surface area contributed by atoms with Crippen LogP contribution in [0.2, 0.25) is 0 Å². The summed E-state index contributed by atoms with van der Waals surface area (Å²) in [5.74, 6) is 0.573. The van der Waals surface area contributed by atoms with E-state index in [0.29, 0.717) is 12.3 Å². The fraction of sp³-hybridized carbons (Fsp3) is 0.214. The predicted molar refractivity (Wildman–Crippen MR) is 66.9 cm³/mol. The minimum absolute atomic E-state index is 0.269. The Kier molecular flexibility index (Phi) is 2.34. The van der Waals surface area contributed by atoms with Crippen LogP contribution in [0.1, 0.15) is 23.5 Å². The molecule has 1 aliphatic carbocycles. The average molecular weight is 226 g/mol. The van der Waals surface area contributed by atoms with Gasteiger partial charge < -0.3 is 10.8 Å². The smallest absolute Gasteiger partial charge is 0.115 e. The number of aromatic hydroxyl groups is 1. The normalized spacial score (nSPS) is 16.6. The molecule has 1 unspecified atom stereocenters. The number of phenolic OH excluding ortho intramolecular Hbond substituents is 1. The maximum absolute atomic E-state index is 9.61. The zero-order valence-electron chi connectivity index (χ0n) is 9.43. The van der Waals surface area contributed by atoms with Crippen molar-refractivity contribution in [1.82, 2.24) is 4.98 Å². The van der Waals surface area contributed by atoms with Crippen molar-refractivity contribution in [2.75, 3.05) is 6.54 Å². The first kappa shape index (κ1) is 10.3. The van der Waals surface area contributed by atoms with Gasteiger partial charge >= 0.3 is 0 Å². The molecule has 1 atom stereocenters. The lowest BCUT2D eigenvalue weighted by molar-refractivity contribution is 0.474.